The highest BCUT2D eigenvalue weighted by Gasteiger charge is 2.20. The minimum Gasteiger partial charge on any atom is -0.462 e. The summed E-state index contributed by atoms with van der Waals surface area (Å²) in [4.78, 5) is 14.6. The van der Waals surface area contributed by atoms with Crippen molar-refractivity contribution in [3.8, 4) is 0 Å². The Bertz CT molecular complexity index is 407. The summed E-state index contributed by atoms with van der Waals surface area (Å²) in [7, 11) is 0. The van der Waals surface area contributed by atoms with E-state index in [0.29, 0.717) is 0 Å². The van der Waals surface area contributed by atoms with Crippen LogP contribution in [-0.2, 0) is 4.74 Å². The molecule has 1 aromatic heterocycles. The van der Waals surface area contributed by atoms with Crippen LogP contribution in [0, 0.1) is 12.9 Å². The number of nitrogens with zero attached hydrogens (tertiary/aromatic N) is 1. The van der Waals surface area contributed by atoms with Gasteiger partial charge in [0.2, 0.25) is 5.95 Å². The summed E-state index contributed by atoms with van der Waals surface area (Å²) < 4.78 is 42.3. The van der Waals surface area contributed by atoms with Crippen molar-refractivity contribution in [3.05, 3.63) is 28.8 Å². The molecule has 1 rings (SSSR count). The van der Waals surface area contributed by atoms with Crippen LogP contribution in [0.15, 0.2) is 6.07 Å². The largest absolute Gasteiger partial charge is 0.462 e. The van der Waals surface area contributed by atoms with E-state index in [1.54, 1.807) is 6.92 Å². The molecule has 3 nitrogen and oxygen atoms in total. The summed E-state index contributed by atoms with van der Waals surface area (Å²) in [5.74, 6) is -2.05. The molecule has 0 amide bonds. The molecule has 6 heteroatoms. The van der Waals surface area contributed by atoms with E-state index in [0.717, 1.165) is 6.07 Å². The Morgan fingerprint density at radius 1 is 1.56 bits per heavy atom. The van der Waals surface area contributed by atoms with E-state index >= 15 is 0 Å². The predicted octanol–water partition coefficient (Wildman–Crippen LogP) is 2.64. The molecule has 0 aliphatic heterocycles. The molecule has 0 fully saturated rings. The highest BCUT2D eigenvalue weighted by atomic mass is 19.3. The molecular weight excluding hydrogens is 223 g/mol. The Morgan fingerprint density at radius 3 is 2.69 bits per heavy atom. The van der Waals surface area contributed by atoms with E-state index in [1.165, 1.54) is 6.92 Å². The third kappa shape index (κ3) is 2.50. The van der Waals surface area contributed by atoms with Crippen molar-refractivity contribution >= 4 is 5.97 Å². The summed E-state index contributed by atoms with van der Waals surface area (Å²) in [6.45, 7) is 3.04. The molecule has 16 heavy (non-hydrogen) atoms. The number of rotatable bonds is 3. The number of aryl methyl sites for hydroxylation is 1. The Balaban J connectivity index is 3.19. The summed E-state index contributed by atoms with van der Waals surface area (Å²) in [6, 6.07) is 0.778. The lowest BCUT2D eigenvalue weighted by Crippen LogP contribution is -2.10. The SMILES string of the molecule is CCOC(=O)c1cc(C(F)F)c(F)nc1C. The highest BCUT2D eigenvalue weighted by molar-refractivity contribution is 5.90. The van der Waals surface area contributed by atoms with Gasteiger partial charge in [0, 0.05) is 0 Å². The molecule has 0 saturated carbocycles. The van der Waals surface area contributed by atoms with Crippen molar-refractivity contribution in [2.24, 2.45) is 0 Å². The number of esters is 1. The molecular formula is C10H10F3NO2. The van der Waals surface area contributed by atoms with Crippen LogP contribution in [-0.4, -0.2) is 17.6 Å². The number of carbonyl (C=O) groups excluding carboxylic acids is 1. The van der Waals surface area contributed by atoms with Crippen LogP contribution >= 0.6 is 0 Å². The lowest BCUT2D eigenvalue weighted by molar-refractivity contribution is 0.0524. The molecule has 0 unspecified atom stereocenters. The number of pyridine rings is 1. The Kier molecular flexibility index (Phi) is 3.87. The van der Waals surface area contributed by atoms with Gasteiger partial charge in [-0.15, -0.1) is 0 Å². The van der Waals surface area contributed by atoms with Gasteiger partial charge in [0.25, 0.3) is 6.43 Å². The van der Waals surface area contributed by atoms with Gasteiger partial charge in [-0.2, -0.15) is 4.39 Å². The average Bonchev–Trinajstić information content (AvgIpc) is 2.17. The molecule has 1 heterocycles. The molecule has 0 spiro atoms. The maximum Gasteiger partial charge on any atom is 0.339 e. The molecule has 0 aliphatic rings. The lowest BCUT2D eigenvalue weighted by Gasteiger charge is -2.08. The first-order valence-electron chi connectivity index (χ1n) is 4.59. The molecule has 1 aromatic rings. The van der Waals surface area contributed by atoms with Crippen LogP contribution in [0.25, 0.3) is 0 Å². The molecule has 0 saturated heterocycles. The normalized spacial score (nSPS) is 10.6. The van der Waals surface area contributed by atoms with Crippen molar-refractivity contribution in [3.63, 3.8) is 0 Å². The molecule has 0 aliphatic carbocycles. The van der Waals surface area contributed by atoms with Crippen molar-refractivity contribution in [1.29, 1.82) is 0 Å². The average molecular weight is 233 g/mol. The Hall–Kier alpha value is -1.59. The lowest BCUT2D eigenvalue weighted by atomic mass is 10.1. The summed E-state index contributed by atoms with van der Waals surface area (Å²) >= 11 is 0. The zero-order chi connectivity index (χ0) is 12.3. The first kappa shape index (κ1) is 12.5. The quantitative estimate of drug-likeness (QED) is 0.595. The van der Waals surface area contributed by atoms with Gasteiger partial charge in [-0.1, -0.05) is 0 Å². The zero-order valence-electron chi connectivity index (χ0n) is 8.76. The molecule has 0 radical (unpaired) electrons. The second kappa shape index (κ2) is 4.96. The highest BCUT2D eigenvalue weighted by Crippen LogP contribution is 2.23. The summed E-state index contributed by atoms with van der Waals surface area (Å²) in [5, 5.41) is 0. The fourth-order valence-electron chi connectivity index (χ4n) is 1.16. The maximum absolute atomic E-state index is 13.0. The van der Waals surface area contributed by atoms with Crippen LogP contribution in [0.4, 0.5) is 13.2 Å². The minimum absolute atomic E-state index is 0.0281. The van der Waals surface area contributed by atoms with Crippen LogP contribution in [0.3, 0.4) is 0 Å². The third-order valence-corrected chi connectivity index (χ3v) is 1.92. The van der Waals surface area contributed by atoms with Gasteiger partial charge in [-0.25, -0.2) is 18.6 Å². The van der Waals surface area contributed by atoms with Gasteiger partial charge >= 0.3 is 5.97 Å². The van der Waals surface area contributed by atoms with Crippen molar-refractivity contribution in [2.75, 3.05) is 6.61 Å². The van der Waals surface area contributed by atoms with E-state index in [2.05, 4.69) is 9.72 Å². The van der Waals surface area contributed by atoms with E-state index in [-0.39, 0.29) is 17.9 Å². The standard InChI is InChI=1S/C10H10F3NO2/c1-3-16-10(15)6-4-7(8(11)12)9(13)14-5(6)2/h4,8H,3H2,1-2H3. The van der Waals surface area contributed by atoms with E-state index < -0.39 is 23.9 Å². The van der Waals surface area contributed by atoms with Crippen molar-refractivity contribution < 1.29 is 22.7 Å². The van der Waals surface area contributed by atoms with Crippen LogP contribution < -0.4 is 0 Å². The smallest absolute Gasteiger partial charge is 0.339 e. The molecule has 88 valence electrons. The Morgan fingerprint density at radius 2 is 2.19 bits per heavy atom. The second-order valence-electron chi connectivity index (χ2n) is 3.02. The van der Waals surface area contributed by atoms with Gasteiger partial charge < -0.3 is 4.74 Å². The monoisotopic (exact) mass is 233 g/mol. The summed E-state index contributed by atoms with van der Waals surface area (Å²) in [6.07, 6.45) is -3.01. The number of ether oxygens (including phenoxy) is 1. The van der Waals surface area contributed by atoms with E-state index in [4.69, 9.17) is 0 Å². The first-order valence-corrected chi connectivity index (χ1v) is 4.59. The van der Waals surface area contributed by atoms with Gasteiger partial charge in [-0.3, -0.25) is 0 Å². The number of hydrogen-bond donors (Lipinski definition) is 0. The second-order valence-corrected chi connectivity index (χ2v) is 3.02. The fraction of sp³-hybridized carbons (Fsp3) is 0.400. The predicted molar refractivity (Wildman–Crippen MR) is 49.8 cm³/mol. The van der Waals surface area contributed by atoms with Gasteiger partial charge in [-0.05, 0) is 19.9 Å². The fourth-order valence-corrected chi connectivity index (χ4v) is 1.16. The minimum atomic E-state index is -3.01. The number of halogens is 3. The molecule has 0 atom stereocenters. The number of aromatic nitrogens is 1. The first-order chi connectivity index (χ1) is 7.47. The van der Waals surface area contributed by atoms with Crippen LogP contribution in [0.5, 0.6) is 0 Å². The van der Waals surface area contributed by atoms with E-state index in [9.17, 15) is 18.0 Å². The van der Waals surface area contributed by atoms with E-state index in [1.807, 2.05) is 0 Å². The van der Waals surface area contributed by atoms with Crippen LogP contribution in [0.1, 0.15) is 35.0 Å². The number of alkyl halides is 2. The molecule has 0 N–H and O–H groups in total. The van der Waals surface area contributed by atoms with Crippen molar-refractivity contribution in [2.45, 2.75) is 20.3 Å². The number of hydrogen-bond acceptors (Lipinski definition) is 3. The van der Waals surface area contributed by atoms with Gasteiger partial charge in [0.05, 0.1) is 23.4 Å². The zero-order valence-corrected chi connectivity index (χ0v) is 8.76. The third-order valence-electron chi connectivity index (χ3n) is 1.92. The van der Waals surface area contributed by atoms with Crippen molar-refractivity contribution in [1.82, 2.24) is 4.98 Å². The Labute approximate surface area is 90.2 Å². The van der Waals surface area contributed by atoms with Gasteiger partial charge in [0.1, 0.15) is 0 Å². The van der Waals surface area contributed by atoms with Crippen LogP contribution in [0.2, 0.25) is 0 Å². The topological polar surface area (TPSA) is 39.2 Å². The number of carbonyl (C=O) groups is 1. The summed E-state index contributed by atoms with van der Waals surface area (Å²) in [5.41, 5.74) is -1.01. The van der Waals surface area contributed by atoms with Gasteiger partial charge in [0.15, 0.2) is 0 Å². The molecule has 0 aromatic carbocycles. The molecule has 0 bridgehead atoms. The maximum atomic E-state index is 13.0.